The van der Waals surface area contributed by atoms with E-state index < -0.39 is 0 Å². The molecule has 0 bridgehead atoms. The molecule has 0 atom stereocenters. The summed E-state index contributed by atoms with van der Waals surface area (Å²) < 4.78 is 14.8. The number of carbonyl (C=O) groups is 1. The predicted octanol–water partition coefficient (Wildman–Crippen LogP) is 1.76. The van der Waals surface area contributed by atoms with Crippen LogP contribution in [0.5, 0.6) is 0 Å². The van der Waals surface area contributed by atoms with Crippen molar-refractivity contribution in [1.29, 1.82) is 0 Å². The van der Waals surface area contributed by atoms with Crippen LogP contribution in [0.2, 0.25) is 0 Å². The van der Waals surface area contributed by atoms with Gasteiger partial charge in [0.25, 0.3) is 5.91 Å². The molecule has 0 aliphatic carbocycles. The first-order valence-corrected chi connectivity index (χ1v) is 5.68. The first-order valence-electron chi connectivity index (χ1n) is 5.68. The molecule has 0 aliphatic rings. The number of nitrogens with zero attached hydrogens (tertiary/aromatic N) is 2. The van der Waals surface area contributed by atoms with Crippen molar-refractivity contribution in [2.45, 2.75) is 13.5 Å². The average Bonchev–Trinajstić information content (AvgIpc) is 2.85. The number of aromatic nitrogens is 2. The van der Waals surface area contributed by atoms with Crippen molar-refractivity contribution in [2.75, 3.05) is 6.54 Å². The fourth-order valence-corrected chi connectivity index (χ4v) is 1.60. The molecule has 0 radical (unpaired) electrons. The van der Waals surface area contributed by atoms with Gasteiger partial charge < -0.3 is 5.32 Å². The molecule has 0 saturated carbocycles. The highest BCUT2D eigenvalue weighted by Gasteiger charge is 2.06. The van der Waals surface area contributed by atoms with E-state index in [9.17, 15) is 9.18 Å². The van der Waals surface area contributed by atoms with Gasteiger partial charge in [-0.15, -0.1) is 0 Å². The van der Waals surface area contributed by atoms with Crippen LogP contribution in [-0.4, -0.2) is 22.2 Å². The Morgan fingerprint density at radius 1 is 1.50 bits per heavy atom. The number of amides is 1. The van der Waals surface area contributed by atoms with Gasteiger partial charge >= 0.3 is 0 Å². The van der Waals surface area contributed by atoms with Crippen molar-refractivity contribution in [3.63, 3.8) is 0 Å². The highest BCUT2D eigenvalue weighted by atomic mass is 19.1. The summed E-state index contributed by atoms with van der Waals surface area (Å²) in [5.41, 5.74) is 0.934. The molecule has 1 aromatic heterocycles. The van der Waals surface area contributed by atoms with Gasteiger partial charge in [-0.3, -0.25) is 9.48 Å². The maximum Gasteiger partial charge on any atom is 0.251 e. The summed E-state index contributed by atoms with van der Waals surface area (Å²) in [6, 6.07) is 6.15. The van der Waals surface area contributed by atoms with Crippen molar-refractivity contribution < 1.29 is 9.18 Å². The highest BCUT2D eigenvalue weighted by molar-refractivity contribution is 5.94. The summed E-state index contributed by atoms with van der Waals surface area (Å²) in [6.45, 7) is 2.73. The van der Waals surface area contributed by atoms with Gasteiger partial charge in [0.05, 0.1) is 6.54 Å². The van der Waals surface area contributed by atoms with E-state index in [4.69, 9.17) is 0 Å². The molecule has 0 unspecified atom stereocenters. The first kappa shape index (κ1) is 12.3. The van der Waals surface area contributed by atoms with Crippen LogP contribution in [0, 0.1) is 12.7 Å². The number of halogens is 1. The van der Waals surface area contributed by atoms with Crippen molar-refractivity contribution in [2.24, 2.45) is 0 Å². The highest BCUT2D eigenvalue weighted by Crippen LogP contribution is 2.08. The third kappa shape index (κ3) is 2.94. The Balaban J connectivity index is 1.89. The molecule has 1 aromatic carbocycles. The fraction of sp³-hybridized carbons (Fsp3) is 0.231. The maximum atomic E-state index is 13.1. The van der Waals surface area contributed by atoms with Crippen LogP contribution < -0.4 is 5.32 Å². The molecule has 0 fully saturated rings. The molecular weight excluding hydrogens is 233 g/mol. The van der Waals surface area contributed by atoms with E-state index in [1.165, 1.54) is 12.1 Å². The molecular formula is C13H14FN3O. The number of hydrogen-bond acceptors (Lipinski definition) is 2. The molecule has 0 saturated heterocycles. The Morgan fingerprint density at radius 2 is 2.33 bits per heavy atom. The lowest BCUT2D eigenvalue weighted by Gasteiger charge is -2.06. The molecule has 0 spiro atoms. The molecule has 2 rings (SSSR count). The second-order valence-electron chi connectivity index (χ2n) is 3.99. The largest absolute Gasteiger partial charge is 0.350 e. The van der Waals surface area contributed by atoms with E-state index in [0.717, 1.165) is 0 Å². The Bertz CT molecular complexity index is 537. The van der Waals surface area contributed by atoms with Crippen molar-refractivity contribution >= 4 is 5.91 Å². The molecule has 5 heteroatoms. The summed E-state index contributed by atoms with van der Waals surface area (Å²) >= 11 is 0. The lowest BCUT2D eigenvalue weighted by molar-refractivity contribution is 0.0952. The molecule has 1 heterocycles. The second kappa shape index (κ2) is 5.44. The number of aryl methyl sites for hydroxylation is 1. The molecule has 94 valence electrons. The Morgan fingerprint density at radius 3 is 3.00 bits per heavy atom. The number of benzene rings is 1. The van der Waals surface area contributed by atoms with Gasteiger partial charge in [-0.1, -0.05) is 0 Å². The smallest absolute Gasteiger partial charge is 0.251 e. The maximum absolute atomic E-state index is 13.1. The summed E-state index contributed by atoms with van der Waals surface area (Å²) in [7, 11) is 0. The summed E-state index contributed by atoms with van der Waals surface area (Å²) in [5, 5.41) is 6.79. The zero-order chi connectivity index (χ0) is 13.0. The first-order chi connectivity index (χ1) is 8.66. The van der Waals surface area contributed by atoms with E-state index >= 15 is 0 Å². The predicted molar refractivity (Wildman–Crippen MR) is 65.7 cm³/mol. The van der Waals surface area contributed by atoms with Crippen LogP contribution in [0.1, 0.15) is 15.9 Å². The van der Waals surface area contributed by atoms with E-state index in [2.05, 4.69) is 10.4 Å². The van der Waals surface area contributed by atoms with Crippen LogP contribution in [0.4, 0.5) is 4.39 Å². The lowest BCUT2D eigenvalue weighted by atomic mass is 10.1. The number of rotatable bonds is 4. The summed E-state index contributed by atoms with van der Waals surface area (Å²) in [6.07, 6.45) is 3.51. The molecule has 2 aromatic rings. The minimum absolute atomic E-state index is 0.203. The van der Waals surface area contributed by atoms with E-state index in [-0.39, 0.29) is 11.7 Å². The molecule has 0 aliphatic heterocycles. The third-order valence-corrected chi connectivity index (χ3v) is 2.61. The number of hydrogen-bond donors (Lipinski definition) is 1. The minimum atomic E-state index is -0.303. The van der Waals surface area contributed by atoms with Crippen LogP contribution in [0.25, 0.3) is 0 Å². The van der Waals surface area contributed by atoms with Gasteiger partial charge in [-0.25, -0.2) is 4.39 Å². The van der Waals surface area contributed by atoms with Gasteiger partial charge in [-0.2, -0.15) is 5.10 Å². The monoisotopic (exact) mass is 247 g/mol. The Labute approximate surface area is 104 Å². The topological polar surface area (TPSA) is 46.9 Å². The second-order valence-corrected chi connectivity index (χ2v) is 3.99. The van der Waals surface area contributed by atoms with Crippen LogP contribution in [0.3, 0.4) is 0 Å². The minimum Gasteiger partial charge on any atom is -0.350 e. The van der Waals surface area contributed by atoms with Crippen molar-refractivity contribution in [3.05, 3.63) is 53.6 Å². The summed E-state index contributed by atoms with van der Waals surface area (Å²) in [5.74, 6) is -0.506. The van der Waals surface area contributed by atoms with Crippen molar-refractivity contribution in [1.82, 2.24) is 15.1 Å². The quantitative estimate of drug-likeness (QED) is 0.894. The number of nitrogens with one attached hydrogen (secondary N) is 1. The third-order valence-electron chi connectivity index (χ3n) is 2.61. The molecule has 1 N–H and O–H groups in total. The molecule has 18 heavy (non-hydrogen) atoms. The normalized spacial score (nSPS) is 10.3. The van der Waals surface area contributed by atoms with Crippen LogP contribution in [-0.2, 0) is 6.54 Å². The van der Waals surface area contributed by atoms with Gasteiger partial charge in [0, 0.05) is 24.5 Å². The molecule has 4 nitrogen and oxygen atoms in total. The lowest BCUT2D eigenvalue weighted by Crippen LogP contribution is -2.27. The van der Waals surface area contributed by atoms with Gasteiger partial charge in [0.15, 0.2) is 0 Å². The van der Waals surface area contributed by atoms with E-state index in [1.54, 1.807) is 23.9 Å². The van der Waals surface area contributed by atoms with Gasteiger partial charge in [-0.05, 0) is 36.8 Å². The van der Waals surface area contributed by atoms with Gasteiger partial charge in [0.2, 0.25) is 0 Å². The molecule has 1 amide bonds. The zero-order valence-electron chi connectivity index (χ0n) is 10.1. The van der Waals surface area contributed by atoms with Crippen LogP contribution in [0.15, 0.2) is 36.7 Å². The fourth-order valence-electron chi connectivity index (χ4n) is 1.60. The Kier molecular flexibility index (Phi) is 3.72. The van der Waals surface area contributed by atoms with Crippen molar-refractivity contribution in [3.8, 4) is 0 Å². The number of carbonyl (C=O) groups excluding carboxylic acids is 1. The average molecular weight is 247 g/mol. The zero-order valence-corrected chi connectivity index (χ0v) is 10.1. The standard InChI is InChI=1S/C13H14FN3O/c1-10-9-11(3-4-12(10)14)13(18)15-6-8-17-7-2-5-16-17/h2-5,7,9H,6,8H2,1H3,(H,15,18). The van der Waals surface area contributed by atoms with E-state index in [0.29, 0.717) is 24.2 Å². The SMILES string of the molecule is Cc1cc(C(=O)NCCn2cccn2)ccc1F. The van der Waals surface area contributed by atoms with Gasteiger partial charge in [0.1, 0.15) is 5.82 Å². The summed E-state index contributed by atoms with van der Waals surface area (Å²) in [4.78, 5) is 11.8. The van der Waals surface area contributed by atoms with E-state index in [1.807, 2.05) is 12.3 Å². The van der Waals surface area contributed by atoms with Crippen LogP contribution >= 0.6 is 0 Å². The Hall–Kier alpha value is -2.17.